The Morgan fingerprint density at radius 1 is 1.32 bits per heavy atom. The summed E-state index contributed by atoms with van der Waals surface area (Å²) in [4.78, 5) is 31.4. The van der Waals surface area contributed by atoms with Gasteiger partial charge in [-0.25, -0.2) is 4.98 Å². The van der Waals surface area contributed by atoms with Gasteiger partial charge in [0.1, 0.15) is 6.04 Å². The molecule has 9 nitrogen and oxygen atoms in total. The summed E-state index contributed by atoms with van der Waals surface area (Å²) < 4.78 is 6.81. The topological polar surface area (TPSA) is 128 Å². The van der Waals surface area contributed by atoms with Crippen LogP contribution in [0, 0.1) is 0 Å². The second-order valence-corrected chi connectivity index (χ2v) is 9.73. The van der Waals surface area contributed by atoms with Gasteiger partial charge in [0.2, 0.25) is 5.91 Å². The minimum Gasteiger partial charge on any atom is -0.380 e. The van der Waals surface area contributed by atoms with E-state index in [4.69, 9.17) is 21.9 Å². The number of nitrogens with two attached hydrogens (primary N) is 1. The standard InChI is InChI=1S/C24H29ClN6O3/c1-3-24(4-2)11-16(22(32)27-12-13-8-9-15-17(10-13)34-30-20(15)26)31-18(24)19(25)29-21(23(31)33)28-14-6-5-7-14/h8-10,14,16H,3-7,11-12H2,1-2H3,(H2,26,30)(H,27,32)(H,28,29)/t16-/m0/s1. The Kier molecular flexibility index (Phi) is 5.75. The van der Waals surface area contributed by atoms with E-state index in [2.05, 4.69) is 34.6 Å². The second-order valence-electron chi connectivity index (χ2n) is 9.37. The summed E-state index contributed by atoms with van der Waals surface area (Å²) in [5.41, 5.74) is 7.20. The third-order valence-electron chi connectivity index (χ3n) is 7.60. The highest BCUT2D eigenvalue weighted by atomic mass is 35.5. The first-order valence-corrected chi connectivity index (χ1v) is 12.2. The molecule has 180 valence electrons. The highest BCUT2D eigenvalue weighted by Gasteiger charge is 2.47. The quantitative estimate of drug-likeness (QED) is 0.463. The molecule has 0 unspecified atom stereocenters. The Bertz CT molecular complexity index is 1310. The van der Waals surface area contributed by atoms with Crippen molar-refractivity contribution in [1.29, 1.82) is 0 Å². The number of aromatic nitrogens is 3. The van der Waals surface area contributed by atoms with Gasteiger partial charge in [0.25, 0.3) is 5.56 Å². The van der Waals surface area contributed by atoms with Crippen molar-refractivity contribution in [2.24, 2.45) is 0 Å². The van der Waals surface area contributed by atoms with Gasteiger partial charge in [-0.05, 0) is 56.2 Å². The van der Waals surface area contributed by atoms with Gasteiger partial charge in [-0.1, -0.05) is 36.7 Å². The molecule has 10 heteroatoms. The molecule has 0 spiro atoms. The van der Waals surface area contributed by atoms with Crippen LogP contribution in [0.25, 0.3) is 11.0 Å². The second kappa shape index (κ2) is 8.61. The highest BCUT2D eigenvalue weighted by Crippen LogP contribution is 2.47. The fraction of sp³-hybridized carbons (Fsp3) is 0.500. The van der Waals surface area contributed by atoms with Gasteiger partial charge < -0.3 is 20.9 Å². The molecule has 1 aliphatic heterocycles. The molecule has 3 heterocycles. The first-order valence-electron chi connectivity index (χ1n) is 11.9. The first kappa shape index (κ1) is 22.7. The Morgan fingerprint density at radius 2 is 2.09 bits per heavy atom. The van der Waals surface area contributed by atoms with Crippen LogP contribution in [0.2, 0.25) is 5.15 Å². The first-order chi connectivity index (χ1) is 16.4. The Morgan fingerprint density at radius 3 is 2.76 bits per heavy atom. The van der Waals surface area contributed by atoms with Crippen LogP contribution >= 0.6 is 11.6 Å². The molecule has 1 fully saturated rings. The molecule has 0 saturated heterocycles. The smallest absolute Gasteiger partial charge is 0.294 e. The number of anilines is 2. The van der Waals surface area contributed by atoms with Crippen molar-refractivity contribution in [2.45, 2.75) is 76.4 Å². The molecule has 1 aromatic carbocycles. The van der Waals surface area contributed by atoms with Crippen LogP contribution in [0.15, 0.2) is 27.5 Å². The summed E-state index contributed by atoms with van der Waals surface area (Å²) in [6, 6.07) is 5.06. The van der Waals surface area contributed by atoms with E-state index >= 15 is 0 Å². The normalized spacial score (nSPS) is 19.1. The van der Waals surface area contributed by atoms with Crippen molar-refractivity contribution in [2.75, 3.05) is 11.1 Å². The van der Waals surface area contributed by atoms with E-state index in [1.165, 1.54) is 0 Å². The number of nitrogens with one attached hydrogen (secondary N) is 2. The lowest BCUT2D eigenvalue weighted by Crippen LogP contribution is -2.38. The number of nitrogen functional groups attached to an aromatic ring is 1. The van der Waals surface area contributed by atoms with E-state index in [0.29, 0.717) is 28.7 Å². The van der Waals surface area contributed by atoms with E-state index in [1.54, 1.807) is 10.6 Å². The molecule has 34 heavy (non-hydrogen) atoms. The highest BCUT2D eigenvalue weighted by molar-refractivity contribution is 6.30. The zero-order valence-electron chi connectivity index (χ0n) is 19.4. The van der Waals surface area contributed by atoms with Crippen LogP contribution < -0.4 is 21.9 Å². The molecule has 1 amide bonds. The lowest BCUT2D eigenvalue weighted by atomic mass is 9.77. The predicted octanol–water partition coefficient (Wildman–Crippen LogP) is 3.90. The van der Waals surface area contributed by atoms with Gasteiger partial charge in [-0.15, -0.1) is 0 Å². The van der Waals surface area contributed by atoms with Gasteiger partial charge in [0.05, 0.1) is 11.1 Å². The maximum absolute atomic E-state index is 13.5. The zero-order valence-corrected chi connectivity index (χ0v) is 20.1. The van der Waals surface area contributed by atoms with Crippen LogP contribution in [-0.2, 0) is 16.8 Å². The van der Waals surface area contributed by atoms with E-state index in [0.717, 1.165) is 43.1 Å². The average molecular weight is 485 g/mol. The van der Waals surface area contributed by atoms with Crippen molar-refractivity contribution in [3.8, 4) is 0 Å². The predicted molar refractivity (Wildman–Crippen MR) is 131 cm³/mol. The van der Waals surface area contributed by atoms with Crippen LogP contribution in [0.4, 0.5) is 11.6 Å². The largest absolute Gasteiger partial charge is 0.380 e. The summed E-state index contributed by atoms with van der Waals surface area (Å²) in [7, 11) is 0. The third-order valence-corrected chi connectivity index (χ3v) is 7.86. The number of hydrogen-bond donors (Lipinski definition) is 3. The maximum atomic E-state index is 13.5. The Hall–Kier alpha value is -3.07. The number of halogens is 1. The molecule has 1 atom stereocenters. The number of carbonyl (C=O) groups excluding carboxylic acids is 1. The molecule has 0 bridgehead atoms. The summed E-state index contributed by atoms with van der Waals surface area (Å²) in [6.07, 6.45) is 5.15. The van der Waals surface area contributed by atoms with Gasteiger partial charge in [-0.3, -0.25) is 14.2 Å². The van der Waals surface area contributed by atoms with E-state index < -0.39 is 6.04 Å². The van der Waals surface area contributed by atoms with E-state index in [9.17, 15) is 9.59 Å². The van der Waals surface area contributed by atoms with Gasteiger partial charge in [0, 0.05) is 18.0 Å². The number of carbonyl (C=O) groups is 1. The SMILES string of the molecule is CCC1(CC)C[C@@H](C(=O)NCc2ccc3c(N)noc3c2)n2c1c(Cl)nc(NC1CCC1)c2=O. The van der Waals surface area contributed by atoms with Gasteiger partial charge >= 0.3 is 0 Å². The number of fused-ring (bicyclic) bond motifs is 2. The minimum atomic E-state index is -0.658. The summed E-state index contributed by atoms with van der Waals surface area (Å²) in [6.45, 7) is 4.41. The third kappa shape index (κ3) is 3.62. The fourth-order valence-corrected chi connectivity index (χ4v) is 5.56. The van der Waals surface area contributed by atoms with Crippen molar-refractivity contribution >= 4 is 40.1 Å². The number of rotatable bonds is 7. The van der Waals surface area contributed by atoms with Crippen LogP contribution in [-0.4, -0.2) is 26.7 Å². The molecule has 5 rings (SSSR count). The molecule has 1 aliphatic carbocycles. The van der Waals surface area contributed by atoms with Gasteiger partial charge in [-0.2, -0.15) is 0 Å². The Balaban J connectivity index is 1.45. The summed E-state index contributed by atoms with van der Waals surface area (Å²) >= 11 is 6.66. The number of amides is 1. The number of benzene rings is 1. The summed E-state index contributed by atoms with van der Waals surface area (Å²) in [5, 5.41) is 11.0. The van der Waals surface area contributed by atoms with Crippen LogP contribution in [0.3, 0.4) is 0 Å². The van der Waals surface area contributed by atoms with Gasteiger partial charge in [0.15, 0.2) is 22.4 Å². The molecule has 4 N–H and O–H groups in total. The molecule has 3 aromatic rings. The van der Waals surface area contributed by atoms with Crippen LogP contribution in [0.1, 0.15) is 69.7 Å². The molecular weight excluding hydrogens is 456 g/mol. The molecule has 2 aromatic heterocycles. The van der Waals surface area contributed by atoms with E-state index in [1.807, 2.05) is 12.1 Å². The van der Waals surface area contributed by atoms with Crippen molar-refractivity contribution in [1.82, 2.24) is 20.0 Å². The molecule has 1 saturated carbocycles. The van der Waals surface area contributed by atoms with Crippen molar-refractivity contribution in [3.05, 3.63) is 45.0 Å². The number of hydrogen-bond acceptors (Lipinski definition) is 7. The molecule has 2 aliphatic rings. The average Bonchev–Trinajstić information content (AvgIpc) is 3.36. The Labute approximate surface area is 202 Å². The van der Waals surface area contributed by atoms with E-state index in [-0.39, 0.29) is 35.3 Å². The molecular formula is C24H29ClN6O3. The zero-order chi connectivity index (χ0) is 24.0. The van der Waals surface area contributed by atoms with Crippen molar-refractivity contribution in [3.63, 3.8) is 0 Å². The fourth-order valence-electron chi connectivity index (χ4n) is 5.19. The maximum Gasteiger partial charge on any atom is 0.294 e. The monoisotopic (exact) mass is 484 g/mol. The van der Waals surface area contributed by atoms with Crippen LogP contribution in [0.5, 0.6) is 0 Å². The lowest BCUT2D eigenvalue weighted by molar-refractivity contribution is -0.124. The lowest BCUT2D eigenvalue weighted by Gasteiger charge is -2.28. The summed E-state index contributed by atoms with van der Waals surface area (Å²) in [5.74, 6) is 0.341. The number of nitrogens with zero attached hydrogens (tertiary/aromatic N) is 3. The minimum absolute atomic E-state index is 0.221. The molecule has 0 radical (unpaired) electrons. The van der Waals surface area contributed by atoms with Crippen molar-refractivity contribution < 1.29 is 9.32 Å².